The molecule has 1 heterocycles. The highest BCUT2D eigenvalue weighted by Crippen LogP contribution is 2.24. The Balaban J connectivity index is 2.00. The average molecular weight is 376 g/mol. The summed E-state index contributed by atoms with van der Waals surface area (Å²) in [6.07, 6.45) is 9.70. The van der Waals surface area contributed by atoms with Crippen LogP contribution in [0, 0.1) is 11.3 Å². The third-order valence-electron chi connectivity index (χ3n) is 5.01. The number of hydrogen-bond donors (Lipinski definition) is 3. The van der Waals surface area contributed by atoms with Crippen LogP contribution in [0.25, 0.3) is 0 Å². The number of hydrogen-bond acceptors (Lipinski definition) is 7. The molecule has 1 aromatic heterocycles. The largest absolute Gasteiger partial charge is 0.396 e. The second kappa shape index (κ2) is 11.7. The van der Waals surface area contributed by atoms with Crippen molar-refractivity contribution >= 4 is 11.8 Å². The molecule has 0 spiro atoms. The van der Waals surface area contributed by atoms with Crippen molar-refractivity contribution in [3.63, 3.8) is 0 Å². The predicted molar refractivity (Wildman–Crippen MR) is 107 cm³/mol. The number of aliphatic hydroxyl groups excluding tert-OH is 1. The molecule has 0 aliphatic heterocycles. The first-order valence-corrected chi connectivity index (χ1v) is 10.2. The number of nitriles is 1. The fraction of sp³-hybridized carbons (Fsp3) is 0.750. The maximum atomic E-state index is 9.38. The lowest BCUT2D eigenvalue weighted by molar-refractivity contribution is 0.0346. The summed E-state index contributed by atoms with van der Waals surface area (Å²) in [7, 11) is 0. The summed E-state index contributed by atoms with van der Waals surface area (Å²) in [6.45, 7) is 5.11. The summed E-state index contributed by atoms with van der Waals surface area (Å²) in [5, 5.41) is 25.3. The van der Waals surface area contributed by atoms with E-state index in [1.54, 1.807) is 6.20 Å². The van der Waals surface area contributed by atoms with Gasteiger partial charge in [0.15, 0.2) is 0 Å². The van der Waals surface area contributed by atoms with E-state index >= 15 is 0 Å². The van der Waals surface area contributed by atoms with Gasteiger partial charge in [-0.2, -0.15) is 10.2 Å². The molecule has 1 aliphatic rings. The molecule has 3 N–H and O–H groups in total. The molecule has 0 amide bonds. The van der Waals surface area contributed by atoms with Crippen molar-refractivity contribution in [3.05, 3.63) is 11.8 Å². The zero-order chi connectivity index (χ0) is 19.5. The van der Waals surface area contributed by atoms with E-state index in [4.69, 9.17) is 9.84 Å². The molecule has 1 aliphatic carbocycles. The molecule has 27 heavy (non-hydrogen) atoms. The number of nitrogens with zero attached hydrogens (tertiary/aromatic N) is 3. The Morgan fingerprint density at radius 2 is 2.07 bits per heavy atom. The van der Waals surface area contributed by atoms with Gasteiger partial charge in [0.2, 0.25) is 5.95 Å². The minimum absolute atomic E-state index is 0.175. The highest BCUT2D eigenvalue weighted by atomic mass is 16.5. The zero-order valence-electron chi connectivity index (χ0n) is 16.6. The van der Waals surface area contributed by atoms with E-state index in [1.165, 1.54) is 0 Å². The van der Waals surface area contributed by atoms with Gasteiger partial charge in [-0.05, 0) is 51.9 Å². The monoisotopic (exact) mass is 375 g/mol. The molecule has 0 bridgehead atoms. The van der Waals surface area contributed by atoms with E-state index in [9.17, 15) is 5.26 Å². The summed E-state index contributed by atoms with van der Waals surface area (Å²) in [4.78, 5) is 8.89. The van der Waals surface area contributed by atoms with Gasteiger partial charge in [-0.1, -0.05) is 13.3 Å². The van der Waals surface area contributed by atoms with Crippen LogP contribution in [0.1, 0.15) is 70.8 Å². The summed E-state index contributed by atoms with van der Waals surface area (Å²) in [6, 6.07) is 2.70. The second-order valence-electron chi connectivity index (χ2n) is 7.14. The first-order valence-electron chi connectivity index (χ1n) is 10.2. The zero-order valence-corrected chi connectivity index (χ0v) is 16.6. The molecular formula is C20H33N5O2. The van der Waals surface area contributed by atoms with Gasteiger partial charge in [0.1, 0.15) is 17.5 Å². The Labute approximate surface area is 162 Å². The SMILES string of the molecule is CCC[C@@H](CCCO)Nc1nc(NC2CCC(OCC)CC2)ncc1C#N. The maximum absolute atomic E-state index is 9.38. The number of ether oxygens (including phenoxy) is 1. The van der Waals surface area contributed by atoms with Crippen molar-refractivity contribution in [1.82, 2.24) is 9.97 Å². The van der Waals surface area contributed by atoms with E-state index in [-0.39, 0.29) is 12.6 Å². The van der Waals surface area contributed by atoms with Crippen LogP contribution in [-0.2, 0) is 4.74 Å². The summed E-state index contributed by atoms with van der Waals surface area (Å²) in [5.74, 6) is 1.14. The molecule has 1 aromatic rings. The Morgan fingerprint density at radius 3 is 2.70 bits per heavy atom. The summed E-state index contributed by atoms with van der Waals surface area (Å²) >= 11 is 0. The maximum Gasteiger partial charge on any atom is 0.224 e. The van der Waals surface area contributed by atoms with Crippen molar-refractivity contribution < 1.29 is 9.84 Å². The number of aromatic nitrogens is 2. The molecule has 1 fully saturated rings. The smallest absolute Gasteiger partial charge is 0.224 e. The second-order valence-corrected chi connectivity index (χ2v) is 7.14. The first kappa shape index (κ1) is 21.4. The molecule has 7 heteroatoms. The van der Waals surface area contributed by atoms with Gasteiger partial charge in [-0.25, -0.2) is 4.98 Å². The Kier molecular flexibility index (Phi) is 9.29. The molecule has 1 saturated carbocycles. The number of rotatable bonds is 11. The average Bonchev–Trinajstić information content (AvgIpc) is 2.68. The topological polar surface area (TPSA) is 103 Å². The Morgan fingerprint density at radius 1 is 1.30 bits per heavy atom. The fourth-order valence-corrected chi connectivity index (χ4v) is 3.60. The van der Waals surface area contributed by atoms with Crippen LogP contribution in [0.4, 0.5) is 11.8 Å². The minimum Gasteiger partial charge on any atom is -0.396 e. The Bertz CT molecular complexity index is 597. The lowest BCUT2D eigenvalue weighted by atomic mass is 9.93. The van der Waals surface area contributed by atoms with Gasteiger partial charge >= 0.3 is 0 Å². The van der Waals surface area contributed by atoms with Gasteiger partial charge in [0, 0.05) is 25.3 Å². The number of aliphatic hydroxyl groups is 1. The summed E-state index contributed by atoms with van der Waals surface area (Å²) < 4.78 is 5.71. The first-order chi connectivity index (χ1) is 13.2. The van der Waals surface area contributed by atoms with Crippen molar-refractivity contribution in [2.75, 3.05) is 23.8 Å². The van der Waals surface area contributed by atoms with Crippen LogP contribution < -0.4 is 10.6 Å². The van der Waals surface area contributed by atoms with Gasteiger partial charge in [-0.15, -0.1) is 0 Å². The molecule has 0 aromatic carbocycles. The van der Waals surface area contributed by atoms with E-state index in [1.807, 2.05) is 6.92 Å². The van der Waals surface area contributed by atoms with Crippen LogP contribution in [0.5, 0.6) is 0 Å². The third-order valence-corrected chi connectivity index (χ3v) is 5.01. The third kappa shape index (κ3) is 6.96. The standard InChI is InChI=1S/C20H33N5O2/c1-3-6-16(7-5-12-26)23-19-15(13-21)14-22-20(25-19)24-17-8-10-18(11-9-17)27-4-2/h14,16-18,26H,3-12H2,1-2H3,(H2,22,23,24,25)/t16-,17?,18?/m0/s1. The lowest BCUT2D eigenvalue weighted by Gasteiger charge is -2.29. The number of anilines is 2. The quantitative estimate of drug-likeness (QED) is 0.544. The van der Waals surface area contributed by atoms with Gasteiger partial charge < -0.3 is 20.5 Å². The van der Waals surface area contributed by atoms with Gasteiger partial charge in [-0.3, -0.25) is 0 Å². The summed E-state index contributed by atoms with van der Waals surface area (Å²) in [5.41, 5.74) is 0.450. The van der Waals surface area contributed by atoms with Crippen molar-refractivity contribution in [2.24, 2.45) is 0 Å². The van der Waals surface area contributed by atoms with Crippen molar-refractivity contribution in [3.8, 4) is 6.07 Å². The lowest BCUT2D eigenvalue weighted by Crippen LogP contribution is -2.30. The molecule has 1 atom stereocenters. The minimum atomic E-state index is 0.175. The van der Waals surface area contributed by atoms with E-state index in [0.29, 0.717) is 29.5 Å². The number of nitrogens with one attached hydrogen (secondary N) is 2. The van der Waals surface area contributed by atoms with E-state index in [0.717, 1.165) is 58.0 Å². The van der Waals surface area contributed by atoms with Crippen LogP contribution in [-0.4, -0.2) is 46.5 Å². The van der Waals surface area contributed by atoms with Gasteiger partial charge in [0.05, 0.1) is 12.3 Å². The molecule has 150 valence electrons. The fourth-order valence-electron chi connectivity index (χ4n) is 3.60. The molecule has 7 nitrogen and oxygen atoms in total. The Hall–Kier alpha value is -1.91. The van der Waals surface area contributed by atoms with Crippen molar-refractivity contribution in [2.45, 2.75) is 83.4 Å². The van der Waals surface area contributed by atoms with Crippen molar-refractivity contribution in [1.29, 1.82) is 5.26 Å². The normalized spacial score (nSPS) is 20.7. The van der Waals surface area contributed by atoms with Crippen LogP contribution in [0.15, 0.2) is 6.20 Å². The van der Waals surface area contributed by atoms with Crippen LogP contribution in [0.2, 0.25) is 0 Å². The molecule has 0 radical (unpaired) electrons. The highest BCUT2D eigenvalue weighted by molar-refractivity contribution is 5.54. The van der Waals surface area contributed by atoms with Crippen LogP contribution >= 0.6 is 0 Å². The predicted octanol–water partition coefficient (Wildman–Crippen LogP) is 3.46. The molecule has 0 unspecified atom stereocenters. The highest BCUT2D eigenvalue weighted by Gasteiger charge is 2.22. The van der Waals surface area contributed by atoms with E-state index in [2.05, 4.69) is 33.6 Å². The van der Waals surface area contributed by atoms with E-state index < -0.39 is 0 Å². The molecule has 2 rings (SSSR count). The van der Waals surface area contributed by atoms with Crippen LogP contribution in [0.3, 0.4) is 0 Å². The molecule has 0 saturated heterocycles. The van der Waals surface area contributed by atoms with Gasteiger partial charge in [0.25, 0.3) is 0 Å². The molecular weight excluding hydrogens is 342 g/mol.